The normalized spacial score (nSPS) is 13.6. The molecule has 0 radical (unpaired) electrons. The molecule has 0 heterocycles. The van der Waals surface area contributed by atoms with Crippen LogP contribution >= 0.6 is 0 Å². The summed E-state index contributed by atoms with van der Waals surface area (Å²) in [6.45, 7) is 6.34. The molecule has 0 aliphatic carbocycles. The Morgan fingerprint density at radius 3 is 1.56 bits per heavy atom. The Morgan fingerprint density at radius 2 is 1.02 bits per heavy atom. The smallest absolute Gasteiger partial charge is 0.306 e. The summed E-state index contributed by atoms with van der Waals surface area (Å²) in [6, 6.07) is -0.707. The lowest BCUT2D eigenvalue weighted by atomic mass is 10.0. The summed E-state index contributed by atoms with van der Waals surface area (Å²) < 4.78 is 5.88. The minimum Gasteiger partial charge on any atom is -0.462 e. The maximum absolute atomic E-state index is 13.1. The SMILES string of the molecule is CC/C=C/C/C=C/CCCCCCCCCC(=O)OC(CCC/C=C\CCCCCCCC)CC(=O)NC(CO)C(O)CCCCCCCCCCCC. The molecule has 0 aromatic rings. The molecule has 0 aromatic heterocycles. The van der Waals surface area contributed by atoms with Gasteiger partial charge in [-0.3, -0.25) is 9.59 Å². The highest BCUT2D eigenvalue weighted by atomic mass is 16.5. The molecule has 0 rings (SSSR count). The van der Waals surface area contributed by atoms with E-state index in [0.29, 0.717) is 19.3 Å². The van der Waals surface area contributed by atoms with E-state index in [0.717, 1.165) is 77.0 Å². The summed E-state index contributed by atoms with van der Waals surface area (Å²) in [7, 11) is 0. The van der Waals surface area contributed by atoms with Crippen molar-refractivity contribution in [1.82, 2.24) is 5.32 Å². The van der Waals surface area contributed by atoms with Crippen molar-refractivity contribution in [1.29, 1.82) is 0 Å². The molecule has 3 unspecified atom stereocenters. The molecule has 0 saturated carbocycles. The summed E-state index contributed by atoms with van der Waals surface area (Å²) in [4.78, 5) is 26.0. The maximum Gasteiger partial charge on any atom is 0.306 e. The fourth-order valence-electron chi connectivity index (χ4n) is 6.94. The Kier molecular flexibility index (Phi) is 40.7. The monoisotopic (exact) mass is 760 g/mol. The number of esters is 1. The van der Waals surface area contributed by atoms with Gasteiger partial charge in [0.15, 0.2) is 0 Å². The molecule has 3 N–H and O–H groups in total. The number of rotatable bonds is 41. The maximum atomic E-state index is 13.1. The molecule has 54 heavy (non-hydrogen) atoms. The van der Waals surface area contributed by atoms with Crippen LogP contribution in [-0.2, 0) is 14.3 Å². The Balaban J connectivity index is 4.60. The standard InChI is InChI=1S/C48H89NO5/c1-4-7-10-13-16-19-22-23-24-26-29-32-35-38-41-48(53)54-44(39-36-33-30-27-25-20-17-14-11-8-5-2)42-47(52)49-45(43-50)46(51)40-37-34-31-28-21-18-15-12-9-6-3/h7,10,16,19,27,30,44-46,50-51H,4-6,8-9,11-15,17-18,20-26,28-29,31-43H2,1-3H3,(H,49,52)/b10-7+,19-16+,30-27-. The van der Waals surface area contributed by atoms with Crippen molar-refractivity contribution in [2.75, 3.05) is 6.61 Å². The van der Waals surface area contributed by atoms with Gasteiger partial charge in [0.2, 0.25) is 5.91 Å². The molecule has 0 fully saturated rings. The van der Waals surface area contributed by atoms with Crippen molar-refractivity contribution >= 4 is 11.9 Å². The van der Waals surface area contributed by atoms with Crippen LogP contribution in [-0.4, -0.2) is 46.9 Å². The number of nitrogens with one attached hydrogen (secondary N) is 1. The molecular weight excluding hydrogens is 671 g/mol. The van der Waals surface area contributed by atoms with Crippen molar-refractivity contribution in [3.8, 4) is 0 Å². The molecule has 0 bridgehead atoms. The minimum atomic E-state index is -0.791. The minimum absolute atomic E-state index is 0.0549. The van der Waals surface area contributed by atoms with Gasteiger partial charge in [-0.2, -0.15) is 0 Å². The first kappa shape index (κ1) is 52.1. The van der Waals surface area contributed by atoms with Crippen LogP contribution < -0.4 is 5.32 Å². The van der Waals surface area contributed by atoms with Crippen LogP contribution in [0.2, 0.25) is 0 Å². The van der Waals surface area contributed by atoms with E-state index < -0.39 is 18.2 Å². The van der Waals surface area contributed by atoms with Gasteiger partial charge in [0.25, 0.3) is 0 Å². The van der Waals surface area contributed by atoms with Crippen LogP contribution in [0.25, 0.3) is 0 Å². The number of hydrogen-bond donors (Lipinski definition) is 3. The number of allylic oxidation sites excluding steroid dienone is 6. The van der Waals surface area contributed by atoms with E-state index in [9.17, 15) is 19.8 Å². The Morgan fingerprint density at radius 1 is 0.556 bits per heavy atom. The van der Waals surface area contributed by atoms with Crippen LogP contribution in [0.1, 0.15) is 233 Å². The lowest BCUT2D eigenvalue weighted by Crippen LogP contribution is -2.46. The number of ether oxygens (including phenoxy) is 1. The van der Waals surface area contributed by atoms with E-state index >= 15 is 0 Å². The third-order valence-corrected chi connectivity index (χ3v) is 10.5. The van der Waals surface area contributed by atoms with Gasteiger partial charge >= 0.3 is 5.97 Å². The molecular formula is C48H89NO5. The molecule has 0 aliphatic heterocycles. The molecule has 0 spiro atoms. The largest absolute Gasteiger partial charge is 0.462 e. The predicted molar refractivity (Wildman–Crippen MR) is 232 cm³/mol. The molecule has 1 amide bonds. The third kappa shape index (κ3) is 37.0. The quantitative estimate of drug-likeness (QED) is 0.0328. The first-order valence-electron chi connectivity index (χ1n) is 23.2. The number of unbranched alkanes of at least 4 members (excludes halogenated alkanes) is 23. The molecule has 6 heteroatoms. The molecule has 316 valence electrons. The summed E-state index contributed by atoms with van der Waals surface area (Å²) in [6.07, 6.45) is 47.8. The van der Waals surface area contributed by atoms with Gasteiger partial charge in [0, 0.05) is 6.42 Å². The van der Waals surface area contributed by atoms with Crippen molar-refractivity contribution < 1.29 is 24.5 Å². The second kappa shape index (κ2) is 42.2. The number of hydrogen-bond acceptors (Lipinski definition) is 5. The number of carbonyl (C=O) groups is 2. The fourth-order valence-corrected chi connectivity index (χ4v) is 6.94. The average molecular weight is 760 g/mol. The lowest BCUT2D eigenvalue weighted by molar-refractivity contribution is -0.151. The molecule has 0 saturated heterocycles. The Hall–Kier alpha value is -1.92. The van der Waals surface area contributed by atoms with E-state index in [1.165, 1.54) is 109 Å². The second-order valence-corrected chi connectivity index (χ2v) is 15.8. The zero-order chi connectivity index (χ0) is 39.6. The number of aliphatic hydroxyl groups excluding tert-OH is 2. The van der Waals surface area contributed by atoms with E-state index in [1.807, 2.05) is 0 Å². The van der Waals surface area contributed by atoms with E-state index in [-0.39, 0.29) is 24.9 Å². The fraction of sp³-hybridized carbons (Fsp3) is 0.833. The molecule has 0 aliphatic rings. The topological polar surface area (TPSA) is 95.9 Å². The van der Waals surface area contributed by atoms with Crippen LogP contribution in [0.3, 0.4) is 0 Å². The zero-order valence-corrected chi connectivity index (χ0v) is 35.9. The highest BCUT2D eigenvalue weighted by molar-refractivity contribution is 5.77. The molecule has 3 atom stereocenters. The molecule has 6 nitrogen and oxygen atoms in total. The summed E-state index contributed by atoms with van der Waals surface area (Å²) in [5, 5.41) is 23.6. The van der Waals surface area contributed by atoms with Crippen LogP contribution in [0.4, 0.5) is 0 Å². The number of amides is 1. The van der Waals surface area contributed by atoms with Crippen LogP contribution in [0.15, 0.2) is 36.5 Å². The van der Waals surface area contributed by atoms with Gasteiger partial charge in [0.05, 0.1) is 25.2 Å². The van der Waals surface area contributed by atoms with Gasteiger partial charge in [-0.1, -0.05) is 186 Å². The third-order valence-electron chi connectivity index (χ3n) is 10.5. The zero-order valence-electron chi connectivity index (χ0n) is 35.9. The highest BCUT2D eigenvalue weighted by Crippen LogP contribution is 2.17. The molecule has 0 aromatic carbocycles. The summed E-state index contributed by atoms with van der Waals surface area (Å²) in [5.41, 5.74) is 0. The van der Waals surface area contributed by atoms with Gasteiger partial charge in [-0.15, -0.1) is 0 Å². The van der Waals surface area contributed by atoms with Gasteiger partial charge in [-0.05, 0) is 70.6 Å². The van der Waals surface area contributed by atoms with Gasteiger partial charge in [0.1, 0.15) is 6.10 Å². The van der Waals surface area contributed by atoms with E-state index in [2.05, 4.69) is 62.5 Å². The second-order valence-electron chi connectivity index (χ2n) is 15.8. The summed E-state index contributed by atoms with van der Waals surface area (Å²) in [5.74, 6) is -0.511. The first-order chi connectivity index (χ1) is 26.5. The van der Waals surface area contributed by atoms with Gasteiger partial charge in [-0.25, -0.2) is 0 Å². The van der Waals surface area contributed by atoms with Crippen LogP contribution in [0.5, 0.6) is 0 Å². The summed E-state index contributed by atoms with van der Waals surface area (Å²) >= 11 is 0. The lowest BCUT2D eigenvalue weighted by Gasteiger charge is -2.24. The predicted octanol–water partition coefficient (Wildman–Crippen LogP) is 13.3. The van der Waals surface area contributed by atoms with Gasteiger partial charge < -0.3 is 20.3 Å². The van der Waals surface area contributed by atoms with E-state index in [1.54, 1.807) is 0 Å². The van der Waals surface area contributed by atoms with Crippen molar-refractivity contribution in [3.05, 3.63) is 36.5 Å². The highest BCUT2D eigenvalue weighted by Gasteiger charge is 2.24. The Bertz CT molecular complexity index is 900. The number of carbonyl (C=O) groups excluding carboxylic acids is 2. The van der Waals surface area contributed by atoms with Crippen molar-refractivity contribution in [2.24, 2.45) is 0 Å². The Labute approximate surface area is 334 Å². The van der Waals surface area contributed by atoms with Crippen molar-refractivity contribution in [2.45, 2.75) is 251 Å². The van der Waals surface area contributed by atoms with Crippen LogP contribution in [0, 0.1) is 0 Å². The average Bonchev–Trinajstić information content (AvgIpc) is 3.16. The van der Waals surface area contributed by atoms with Crippen molar-refractivity contribution in [3.63, 3.8) is 0 Å². The first-order valence-corrected chi connectivity index (χ1v) is 23.2. The van der Waals surface area contributed by atoms with E-state index in [4.69, 9.17) is 4.74 Å². The number of aliphatic hydroxyl groups is 2.